The van der Waals surface area contributed by atoms with Gasteiger partial charge >= 0.3 is 0 Å². The van der Waals surface area contributed by atoms with Gasteiger partial charge < -0.3 is 10.5 Å². The van der Waals surface area contributed by atoms with Gasteiger partial charge in [0.05, 0.1) is 7.11 Å². The standard InChI is InChI=1S/C16H19NO.ClH/c1-3-4-9-14(17)16-13-8-6-5-7-12(13)10-11-15(16)18-2;/h3,5-8,10-11,14H,1,4,9,17H2,2H3;1H/t14-;/m1./s1. The van der Waals surface area contributed by atoms with Crippen molar-refractivity contribution in [1.29, 1.82) is 0 Å². The molecule has 2 rings (SSSR count). The lowest BCUT2D eigenvalue weighted by molar-refractivity contribution is 0.405. The number of halogens is 1. The first-order valence-corrected chi connectivity index (χ1v) is 6.20. The summed E-state index contributed by atoms with van der Waals surface area (Å²) in [6.07, 6.45) is 3.69. The second-order valence-electron chi connectivity index (χ2n) is 4.38. The van der Waals surface area contributed by atoms with Gasteiger partial charge in [-0.1, -0.05) is 36.4 Å². The van der Waals surface area contributed by atoms with Gasteiger partial charge in [-0.15, -0.1) is 19.0 Å². The van der Waals surface area contributed by atoms with Gasteiger partial charge in [0.15, 0.2) is 0 Å². The van der Waals surface area contributed by atoms with Gasteiger partial charge in [0.1, 0.15) is 5.75 Å². The van der Waals surface area contributed by atoms with Crippen molar-refractivity contribution >= 4 is 23.2 Å². The first kappa shape index (κ1) is 15.5. The minimum Gasteiger partial charge on any atom is -0.496 e. The molecule has 1 atom stereocenters. The largest absolute Gasteiger partial charge is 0.496 e. The molecule has 0 aliphatic carbocycles. The van der Waals surface area contributed by atoms with Crippen LogP contribution in [0.3, 0.4) is 0 Å². The smallest absolute Gasteiger partial charge is 0.124 e. The second-order valence-corrected chi connectivity index (χ2v) is 4.38. The second kappa shape index (κ2) is 7.17. The summed E-state index contributed by atoms with van der Waals surface area (Å²) >= 11 is 0. The summed E-state index contributed by atoms with van der Waals surface area (Å²) in [6.45, 7) is 3.74. The maximum Gasteiger partial charge on any atom is 0.124 e. The van der Waals surface area contributed by atoms with E-state index >= 15 is 0 Å². The van der Waals surface area contributed by atoms with Gasteiger partial charge in [-0.2, -0.15) is 0 Å². The summed E-state index contributed by atoms with van der Waals surface area (Å²) in [5.41, 5.74) is 7.39. The van der Waals surface area contributed by atoms with Crippen LogP contribution in [-0.2, 0) is 0 Å². The number of benzene rings is 2. The average molecular weight is 278 g/mol. The van der Waals surface area contributed by atoms with Crippen LogP contribution < -0.4 is 10.5 Å². The molecule has 0 bridgehead atoms. The van der Waals surface area contributed by atoms with Gasteiger partial charge in [-0.3, -0.25) is 0 Å². The number of nitrogens with two attached hydrogens (primary N) is 1. The van der Waals surface area contributed by atoms with Crippen LogP contribution in [0.25, 0.3) is 10.8 Å². The maximum atomic E-state index is 6.30. The molecule has 0 unspecified atom stereocenters. The summed E-state index contributed by atoms with van der Waals surface area (Å²) in [5.74, 6) is 0.866. The van der Waals surface area contributed by atoms with Gasteiger partial charge in [0, 0.05) is 11.6 Å². The molecule has 0 radical (unpaired) electrons. The van der Waals surface area contributed by atoms with E-state index in [0.29, 0.717) is 0 Å². The van der Waals surface area contributed by atoms with Crippen LogP contribution in [0.2, 0.25) is 0 Å². The van der Waals surface area contributed by atoms with Crippen molar-refractivity contribution in [2.24, 2.45) is 5.73 Å². The van der Waals surface area contributed by atoms with Crippen LogP contribution >= 0.6 is 12.4 Å². The third kappa shape index (κ3) is 3.28. The Morgan fingerprint density at radius 2 is 2.00 bits per heavy atom. The monoisotopic (exact) mass is 277 g/mol. The average Bonchev–Trinajstić information content (AvgIpc) is 2.43. The minimum atomic E-state index is -0.0240. The van der Waals surface area contributed by atoms with Gasteiger partial charge in [0.2, 0.25) is 0 Å². The molecule has 0 saturated carbocycles. The Morgan fingerprint density at radius 3 is 2.68 bits per heavy atom. The molecule has 0 aliphatic rings. The van der Waals surface area contributed by atoms with E-state index in [1.54, 1.807) is 7.11 Å². The highest BCUT2D eigenvalue weighted by Crippen LogP contribution is 2.33. The van der Waals surface area contributed by atoms with E-state index in [1.807, 2.05) is 24.3 Å². The Morgan fingerprint density at radius 1 is 1.26 bits per heavy atom. The molecule has 2 N–H and O–H groups in total. The predicted molar refractivity (Wildman–Crippen MR) is 84.1 cm³/mol. The first-order valence-electron chi connectivity index (χ1n) is 6.20. The Kier molecular flexibility index (Phi) is 5.87. The molecule has 2 nitrogen and oxygen atoms in total. The number of fused-ring (bicyclic) bond motifs is 1. The van der Waals surface area contributed by atoms with Crippen molar-refractivity contribution in [1.82, 2.24) is 0 Å². The number of allylic oxidation sites excluding steroid dienone is 1. The lowest BCUT2D eigenvalue weighted by atomic mass is 9.95. The zero-order valence-electron chi connectivity index (χ0n) is 11.1. The number of hydrogen-bond acceptors (Lipinski definition) is 2. The molecule has 2 aromatic carbocycles. The van der Waals surface area contributed by atoms with Crippen LogP contribution in [0, 0.1) is 0 Å². The molecule has 0 heterocycles. The van der Waals surface area contributed by atoms with Crippen molar-refractivity contribution in [2.75, 3.05) is 7.11 Å². The fourth-order valence-electron chi connectivity index (χ4n) is 2.28. The fourth-order valence-corrected chi connectivity index (χ4v) is 2.28. The van der Waals surface area contributed by atoms with Crippen LogP contribution in [0.1, 0.15) is 24.4 Å². The third-order valence-corrected chi connectivity index (χ3v) is 3.20. The lowest BCUT2D eigenvalue weighted by Crippen LogP contribution is -2.11. The maximum absolute atomic E-state index is 6.30. The molecule has 0 saturated heterocycles. The summed E-state index contributed by atoms with van der Waals surface area (Å²) in [6, 6.07) is 12.3. The summed E-state index contributed by atoms with van der Waals surface area (Å²) in [4.78, 5) is 0. The lowest BCUT2D eigenvalue weighted by Gasteiger charge is -2.17. The molecule has 0 aliphatic heterocycles. The highest BCUT2D eigenvalue weighted by Gasteiger charge is 2.14. The van der Waals surface area contributed by atoms with E-state index in [4.69, 9.17) is 10.5 Å². The van der Waals surface area contributed by atoms with Crippen LogP contribution in [-0.4, -0.2) is 7.11 Å². The fraction of sp³-hybridized carbons (Fsp3) is 0.250. The van der Waals surface area contributed by atoms with E-state index in [9.17, 15) is 0 Å². The molecular weight excluding hydrogens is 258 g/mol. The molecule has 0 aromatic heterocycles. The molecule has 3 heteroatoms. The van der Waals surface area contributed by atoms with E-state index in [-0.39, 0.29) is 18.4 Å². The molecule has 2 aromatic rings. The minimum absolute atomic E-state index is 0. The van der Waals surface area contributed by atoms with Crippen molar-refractivity contribution in [3.05, 3.63) is 54.6 Å². The number of rotatable bonds is 5. The Labute approximate surface area is 120 Å². The summed E-state index contributed by atoms with van der Waals surface area (Å²) < 4.78 is 5.45. The quantitative estimate of drug-likeness (QED) is 0.830. The summed E-state index contributed by atoms with van der Waals surface area (Å²) in [7, 11) is 1.69. The highest BCUT2D eigenvalue weighted by molar-refractivity contribution is 5.88. The van der Waals surface area contributed by atoms with E-state index in [0.717, 1.165) is 24.2 Å². The topological polar surface area (TPSA) is 35.2 Å². The van der Waals surface area contributed by atoms with Crippen molar-refractivity contribution in [3.63, 3.8) is 0 Å². The molecule has 102 valence electrons. The van der Waals surface area contributed by atoms with Crippen LogP contribution in [0.4, 0.5) is 0 Å². The molecule has 0 spiro atoms. The number of hydrogen-bond donors (Lipinski definition) is 1. The Hall–Kier alpha value is -1.51. The number of ether oxygens (including phenoxy) is 1. The van der Waals surface area contributed by atoms with Crippen molar-refractivity contribution < 1.29 is 4.74 Å². The Bertz CT molecular complexity index is 553. The highest BCUT2D eigenvalue weighted by atomic mass is 35.5. The molecule has 0 amide bonds. The van der Waals surface area contributed by atoms with E-state index < -0.39 is 0 Å². The zero-order valence-corrected chi connectivity index (χ0v) is 12.0. The normalized spacial score (nSPS) is 11.7. The first-order chi connectivity index (χ1) is 8.77. The van der Waals surface area contributed by atoms with E-state index in [2.05, 4.69) is 24.8 Å². The number of methoxy groups -OCH3 is 1. The predicted octanol–water partition coefficient (Wildman–Crippen LogP) is 4.24. The van der Waals surface area contributed by atoms with Crippen molar-refractivity contribution in [3.8, 4) is 5.75 Å². The van der Waals surface area contributed by atoms with Gasteiger partial charge in [-0.25, -0.2) is 0 Å². The molecular formula is C16H20ClNO. The van der Waals surface area contributed by atoms with Gasteiger partial charge in [-0.05, 0) is 29.7 Å². The van der Waals surface area contributed by atoms with Crippen LogP contribution in [0.5, 0.6) is 5.75 Å². The summed E-state index contributed by atoms with van der Waals surface area (Å²) in [5, 5.41) is 2.37. The van der Waals surface area contributed by atoms with Crippen LogP contribution in [0.15, 0.2) is 49.1 Å². The molecule has 0 fully saturated rings. The van der Waals surface area contributed by atoms with Crippen molar-refractivity contribution in [2.45, 2.75) is 18.9 Å². The van der Waals surface area contributed by atoms with Gasteiger partial charge in [0.25, 0.3) is 0 Å². The SMILES string of the molecule is C=CCC[C@@H](N)c1c(OC)ccc2ccccc12.Cl. The third-order valence-electron chi connectivity index (χ3n) is 3.20. The van der Waals surface area contributed by atoms with E-state index in [1.165, 1.54) is 10.8 Å². The Balaban J connectivity index is 0.00000180. The zero-order chi connectivity index (χ0) is 13.0. The molecule has 19 heavy (non-hydrogen) atoms.